The third-order valence-corrected chi connectivity index (χ3v) is 5.92. The Balaban J connectivity index is 1.50. The largest absolute Gasteiger partial charge is 0.479 e. The van der Waals surface area contributed by atoms with Crippen LogP contribution in [0.15, 0.2) is 30.5 Å². The van der Waals surface area contributed by atoms with E-state index in [2.05, 4.69) is 25.7 Å². The second kappa shape index (κ2) is 8.81. The third kappa shape index (κ3) is 4.72. The molecule has 196 valence electrons. The second-order valence-corrected chi connectivity index (χ2v) is 8.40. The smallest absolute Gasteiger partial charge is 0.408 e. The SMILES string of the molecule is [2H]C([2H])([2H])Oc1nc(N[C@@H]2CCN(C(=O)C([2H])([2H])[2H])CC2(F)F)nn2ccc(-c3ccc4nnn(CC(F)(F)F)c4c3)c12. The van der Waals surface area contributed by atoms with Gasteiger partial charge in [-0.25, -0.2) is 18.0 Å². The van der Waals surface area contributed by atoms with Crippen LogP contribution >= 0.6 is 0 Å². The minimum absolute atomic E-state index is 0.0271. The van der Waals surface area contributed by atoms with Gasteiger partial charge in [0.15, 0.2) is 0 Å². The summed E-state index contributed by atoms with van der Waals surface area (Å²) < 4.78 is 120. The number of rotatable bonds is 5. The molecule has 0 spiro atoms. The van der Waals surface area contributed by atoms with Crippen LogP contribution in [0.5, 0.6) is 5.88 Å². The number of aromatic nitrogens is 6. The summed E-state index contributed by atoms with van der Waals surface area (Å²) in [6, 6.07) is 4.07. The Kier molecular flexibility index (Phi) is 4.34. The Hall–Kier alpha value is -4.04. The number of alkyl halides is 5. The standard InChI is InChI=1S/C22H21F5N8O2/c1-12(36)33-7-6-17(21(23,24)10-33)28-20-29-19(37-2)18-14(5-8-34(18)31-20)13-3-4-15-16(9-13)35(32-30-15)11-22(25,26)27/h3-5,8-9,17H,6-7,10-11H2,1-2H3,(H,28,31)/t17-/m1/s1/i1D3,2D3. The van der Waals surface area contributed by atoms with Crippen LogP contribution in [-0.4, -0.2) is 78.7 Å². The van der Waals surface area contributed by atoms with E-state index in [1.165, 1.54) is 30.5 Å². The lowest BCUT2D eigenvalue weighted by molar-refractivity contribution is -0.142. The fourth-order valence-electron chi connectivity index (χ4n) is 4.22. The molecule has 15 heteroatoms. The highest BCUT2D eigenvalue weighted by molar-refractivity contribution is 5.89. The van der Waals surface area contributed by atoms with Gasteiger partial charge >= 0.3 is 6.18 Å². The van der Waals surface area contributed by atoms with Crippen molar-refractivity contribution < 1.29 is 39.7 Å². The van der Waals surface area contributed by atoms with Gasteiger partial charge < -0.3 is 15.0 Å². The molecule has 1 aromatic carbocycles. The molecular weight excluding hydrogens is 503 g/mol. The quantitative estimate of drug-likeness (QED) is 0.395. The van der Waals surface area contributed by atoms with Crippen molar-refractivity contribution in [3.05, 3.63) is 30.5 Å². The van der Waals surface area contributed by atoms with Crippen LogP contribution < -0.4 is 10.1 Å². The molecule has 0 bridgehead atoms. The minimum Gasteiger partial charge on any atom is -0.479 e. The molecule has 1 saturated heterocycles. The number of ether oxygens (including phenoxy) is 1. The summed E-state index contributed by atoms with van der Waals surface area (Å²) in [7, 11) is -3.04. The van der Waals surface area contributed by atoms with Crippen LogP contribution in [0.3, 0.4) is 0 Å². The highest BCUT2D eigenvalue weighted by atomic mass is 19.4. The van der Waals surface area contributed by atoms with E-state index in [9.17, 15) is 26.7 Å². The summed E-state index contributed by atoms with van der Waals surface area (Å²) in [5.41, 5.74) is 0.733. The number of halogens is 5. The van der Waals surface area contributed by atoms with Gasteiger partial charge in [0.2, 0.25) is 17.7 Å². The van der Waals surface area contributed by atoms with E-state index in [1.54, 1.807) is 0 Å². The monoisotopic (exact) mass is 530 g/mol. The van der Waals surface area contributed by atoms with Crippen molar-refractivity contribution in [1.29, 1.82) is 0 Å². The molecule has 1 aliphatic rings. The van der Waals surface area contributed by atoms with E-state index in [0.717, 1.165) is 4.52 Å². The fraction of sp³-hybridized carbons (Fsp3) is 0.409. The number of likely N-dealkylation sites (tertiary alicyclic amines) is 1. The zero-order chi connectivity index (χ0) is 31.5. The summed E-state index contributed by atoms with van der Waals surface area (Å²) in [6.45, 7) is -5.97. The van der Waals surface area contributed by atoms with Gasteiger partial charge in [0, 0.05) is 29.3 Å². The Morgan fingerprint density at radius 2 is 2.16 bits per heavy atom. The number of carbonyl (C=O) groups is 1. The van der Waals surface area contributed by atoms with Crippen molar-refractivity contribution in [2.75, 3.05) is 25.4 Å². The van der Waals surface area contributed by atoms with Crippen LogP contribution in [0.2, 0.25) is 0 Å². The molecule has 1 aliphatic heterocycles. The van der Waals surface area contributed by atoms with E-state index >= 15 is 0 Å². The Morgan fingerprint density at radius 3 is 2.89 bits per heavy atom. The number of nitrogens with one attached hydrogen (secondary N) is 1. The molecule has 1 amide bonds. The van der Waals surface area contributed by atoms with Gasteiger partial charge in [0.1, 0.15) is 17.6 Å². The van der Waals surface area contributed by atoms with Gasteiger partial charge in [-0.15, -0.1) is 10.2 Å². The highest BCUT2D eigenvalue weighted by Crippen LogP contribution is 2.34. The maximum atomic E-state index is 15.0. The first-order chi connectivity index (χ1) is 19.8. The first kappa shape index (κ1) is 18.2. The molecular formula is C22H21F5N8O2. The lowest BCUT2D eigenvalue weighted by Gasteiger charge is -2.38. The van der Waals surface area contributed by atoms with Gasteiger partial charge in [-0.2, -0.15) is 18.2 Å². The maximum Gasteiger partial charge on any atom is 0.408 e. The van der Waals surface area contributed by atoms with Gasteiger partial charge in [-0.3, -0.25) is 4.79 Å². The van der Waals surface area contributed by atoms with Crippen molar-refractivity contribution >= 4 is 28.4 Å². The summed E-state index contributed by atoms with van der Waals surface area (Å²) in [4.78, 5) is 16.6. The second-order valence-electron chi connectivity index (χ2n) is 8.40. The molecule has 1 N–H and O–H groups in total. The number of carbonyl (C=O) groups excluding carboxylic acids is 1. The Bertz CT molecular complexity index is 1690. The normalized spacial score (nSPS) is 21.0. The van der Waals surface area contributed by atoms with Crippen LogP contribution in [0.1, 0.15) is 21.5 Å². The predicted molar refractivity (Wildman–Crippen MR) is 121 cm³/mol. The third-order valence-electron chi connectivity index (χ3n) is 5.92. The summed E-state index contributed by atoms with van der Waals surface area (Å²) >= 11 is 0. The van der Waals surface area contributed by atoms with Crippen LogP contribution in [-0.2, 0) is 11.3 Å². The number of benzene rings is 1. The zero-order valence-electron chi connectivity index (χ0n) is 24.6. The summed E-state index contributed by atoms with van der Waals surface area (Å²) in [5, 5.41) is 13.8. The van der Waals surface area contributed by atoms with Crippen molar-refractivity contribution in [2.45, 2.75) is 38.0 Å². The topological polar surface area (TPSA) is 102 Å². The van der Waals surface area contributed by atoms with Crippen molar-refractivity contribution in [2.24, 2.45) is 0 Å². The first-order valence-corrected chi connectivity index (χ1v) is 10.7. The van der Waals surface area contributed by atoms with E-state index in [-0.39, 0.29) is 35.1 Å². The van der Waals surface area contributed by atoms with Crippen molar-refractivity contribution in [3.8, 4) is 17.0 Å². The number of piperidine rings is 1. The fourth-order valence-corrected chi connectivity index (χ4v) is 4.22. The van der Waals surface area contributed by atoms with Gasteiger partial charge in [-0.05, 0) is 30.2 Å². The molecule has 0 aliphatic carbocycles. The molecule has 0 unspecified atom stereocenters. The first-order valence-electron chi connectivity index (χ1n) is 13.7. The number of hydrogen-bond donors (Lipinski definition) is 1. The maximum absolute atomic E-state index is 15.0. The molecule has 5 rings (SSSR count). The summed E-state index contributed by atoms with van der Waals surface area (Å²) in [6.07, 6.45) is -3.62. The van der Waals surface area contributed by atoms with E-state index < -0.39 is 62.9 Å². The van der Waals surface area contributed by atoms with Gasteiger partial charge in [0.05, 0.1) is 29.3 Å². The predicted octanol–water partition coefficient (Wildman–Crippen LogP) is 3.38. The molecule has 1 atom stereocenters. The number of hydrogen-bond acceptors (Lipinski definition) is 7. The van der Waals surface area contributed by atoms with Crippen molar-refractivity contribution in [3.63, 3.8) is 0 Å². The van der Waals surface area contributed by atoms with Crippen LogP contribution in [0.25, 0.3) is 27.7 Å². The van der Waals surface area contributed by atoms with Crippen molar-refractivity contribution in [1.82, 2.24) is 34.5 Å². The molecule has 4 heterocycles. The zero-order valence-corrected chi connectivity index (χ0v) is 18.6. The lowest BCUT2D eigenvalue weighted by atomic mass is 10.0. The Labute approximate surface area is 214 Å². The highest BCUT2D eigenvalue weighted by Gasteiger charge is 2.46. The minimum atomic E-state index is -4.57. The molecule has 10 nitrogen and oxygen atoms in total. The molecule has 1 fully saturated rings. The number of amides is 1. The van der Waals surface area contributed by atoms with E-state index in [1.807, 2.05) is 0 Å². The van der Waals surface area contributed by atoms with Crippen LogP contribution in [0.4, 0.5) is 27.9 Å². The lowest BCUT2D eigenvalue weighted by Crippen LogP contribution is -2.55. The molecule has 3 aromatic heterocycles. The van der Waals surface area contributed by atoms with E-state index in [4.69, 9.17) is 13.0 Å². The average molecular weight is 530 g/mol. The van der Waals surface area contributed by atoms with Crippen LogP contribution in [0, 0.1) is 0 Å². The number of fused-ring (bicyclic) bond motifs is 2. The van der Waals surface area contributed by atoms with Gasteiger partial charge in [-0.1, -0.05) is 11.3 Å². The number of anilines is 1. The number of nitrogens with zero attached hydrogens (tertiary/aromatic N) is 7. The van der Waals surface area contributed by atoms with E-state index in [0.29, 0.717) is 15.1 Å². The molecule has 37 heavy (non-hydrogen) atoms. The average Bonchev–Trinajstić information content (AvgIpc) is 3.46. The number of methoxy groups -OCH3 is 1. The Morgan fingerprint density at radius 1 is 1.32 bits per heavy atom. The molecule has 0 saturated carbocycles. The molecule has 4 aromatic rings. The van der Waals surface area contributed by atoms with Gasteiger partial charge in [0.25, 0.3) is 5.92 Å². The molecule has 0 radical (unpaired) electrons. The summed E-state index contributed by atoms with van der Waals surface area (Å²) in [5.74, 6) is -6.03.